The van der Waals surface area contributed by atoms with Gasteiger partial charge in [-0.3, -0.25) is 4.79 Å². The summed E-state index contributed by atoms with van der Waals surface area (Å²) >= 11 is 0. The Kier molecular flexibility index (Phi) is 13.6. The number of carboxylic acid groups (broad SMARTS) is 1. The van der Waals surface area contributed by atoms with Gasteiger partial charge in [0.1, 0.15) is 0 Å². The van der Waals surface area contributed by atoms with Crippen LogP contribution in [0.4, 0.5) is 0 Å². The molecular formula is C10H13NaO2. The van der Waals surface area contributed by atoms with Gasteiger partial charge >= 0.3 is 35.5 Å². The molecule has 0 aliphatic carbocycles. The Balaban J connectivity index is 0. The van der Waals surface area contributed by atoms with Gasteiger partial charge in [0.25, 0.3) is 0 Å². The van der Waals surface area contributed by atoms with Crippen molar-refractivity contribution in [2.75, 3.05) is 0 Å². The van der Waals surface area contributed by atoms with E-state index in [0.717, 1.165) is 6.42 Å². The minimum Gasteiger partial charge on any atom is -0.481 e. The Bertz CT molecular complexity index is 173. The van der Waals surface area contributed by atoms with Crippen LogP contribution in [0.3, 0.4) is 0 Å². The van der Waals surface area contributed by atoms with Crippen LogP contribution >= 0.6 is 0 Å². The molecule has 0 unspecified atom stereocenters. The zero-order valence-electron chi connectivity index (χ0n) is 8.16. The second-order valence-corrected chi connectivity index (χ2v) is 2.22. The average molecular weight is 188 g/mol. The monoisotopic (exact) mass is 188 g/mol. The molecule has 0 aliphatic heterocycles. The van der Waals surface area contributed by atoms with Crippen LogP contribution in [-0.4, -0.2) is 11.1 Å². The Morgan fingerprint density at radius 1 is 1.31 bits per heavy atom. The summed E-state index contributed by atoms with van der Waals surface area (Å²) < 4.78 is 0. The maximum Gasteiger partial charge on any atom is 1.00 e. The summed E-state index contributed by atoms with van der Waals surface area (Å²) in [5.41, 5.74) is 0. The minimum atomic E-state index is -0.711. The first kappa shape index (κ1) is 15.2. The summed E-state index contributed by atoms with van der Waals surface area (Å²) in [5.74, 6) is -0.711. The number of hydrogen-bond acceptors (Lipinski definition) is 1. The normalized spacial score (nSPS) is 7.46. The van der Waals surface area contributed by atoms with Crippen molar-refractivity contribution in [2.24, 2.45) is 0 Å². The molecule has 66 valence electrons. The Morgan fingerprint density at radius 3 is 1.92 bits per heavy atom. The second kappa shape index (κ2) is 11.7. The van der Waals surface area contributed by atoms with Crippen LogP contribution in [-0.2, 0) is 4.79 Å². The van der Waals surface area contributed by atoms with E-state index in [1.165, 1.54) is 0 Å². The van der Waals surface area contributed by atoms with E-state index in [-0.39, 0.29) is 29.6 Å². The van der Waals surface area contributed by atoms with E-state index in [2.05, 4.69) is 6.07 Å². The minimum absolute atomic E-state index is 0. The number of hydrogen-bond donors (Lipinski definition) is 1. The van der Waals surface area contributed by atoms with Crippen molar-refractivity contribution >= 4 is 5.97 Å². The van der Waals surface area contributed by atoms with Gasteiger partial charge in [0, 0.05) is 6.42 Å². The van der Waals surface area contributed by atoms with Crippen molar-refractivity contribution in [2.45, 2.75) is 19.8 Å². The Hall–Kier alpha value is -0.310. The van der Waals surface area contributed by atoms with Gasteiger partial charge in [-0.15, -0.1) is 0 Å². The summed E-state index contributed by atoms with van der Waals surface area (Å²) in [5, 5.41) is 7.91. The van der Waals surface area contributed by atoms with E-state index in [9.17, 15) is 4.79 Å². The van der Waals surface area contributed by atoms with Gasteiger partial charge < -0.3 is 5.11 Å². The van der Waals surface area contributed by atoms with Crippen molar-refractivity contribution in [1.29, 1.82) is 0 Å². The SMILES string of the molecule is CCCC(=O)O.[Na+].[c-]1ccccc1. The molecule has 1 rings (SSSR count). The number of rotatable bonds is 2. The van der Waals surface area contributed by atoms with Crippen molar-refractivity contribution in [3.63, 3.8) is 0 Å². The first-order valence-electron chi connectivity index (χ1n) is 3.90. The van der Waals surface area contributed by atoms with Crippen LogP contribution in [0, 0.1) is 6.07 Å². The summed E-state index contributed by atoms with van der Waals surface area (Å²) in [4.78, 5) is 9.60. The van der Waals surface area contributed by atoms with Crippen LogP contribution in [0.1, 0.15) is 19.8 Å². The number of aliphatic carboxylic acids is 1. The van der Waals surface area contributed by atoms with Crippen molar-refractivity contribution in [1.82, 2.24) is 0 Å². The first-order chi connectivity index (χ1) is 5.77. The van der Waals surface area contributed by atoms with Gasteiger partial charge in [-0.05, 0) is 6.42 Å². The Morgan fingerprint density at radius 2 is 1.85 bits per heavy atom. The van der Waals surface area contributed by atoms with E-state index < -0.39 is 5.97 Å². The molecule has 0 aliphatic rings. The van der Waals surface area contributed by atoms with Gasteiger partial charge in [-0.25, -0.2) is 0 Å². The predicted octanol–water partition coefficient (Wildman–Crippen LogP) is -0.638. The molecule has 3 heteroatoms. The fraction of sp³-hybridized carbons (Fsp3) is 0.300. The summed E-state index contributed by atoms with van der Waals surface area (Å²) in [6, 6.07) is 12.5. The van der Waals surface area contributed by atoms with Crippen molar-refractivity contribution < 1.29 is 39.5 Å². The molecule has 0 aromatic heterocycles. The zero-order valence-corrected chi connectivity index (χ0v) is 10.2. The molecule has 0 bridgehead atoms. The second-order valence-electron chi connectivity index (χ2n) is 2.22. The number of carboxylic acids is 1. The van der Waals surface area contributed by atoms with E-state index >= 15 is 0 Å². The summed E-state index contributed by atoms with van der Waals surface area (Å²) in [6.07, 6.45) is 1.02. The largest absolute Gasteiger partial charge is 1.00 e. The Labute approximate surface area is 101 Å². The maximum atomic E-state index is 9.60. The molecule has 0 radical (unpaired) electrons. The van der Waals surface area contributed by atoms with Crippen molar-refractivity contribution in [3.05, 3.63) is 36.4 Å². The van der Waals surface area contributed by atoms with Gasteiger partial charge in [0.05, 0.1) is 0 Å². The molecule has 1 aromatic carbocycles. The third-order valence-electron chi connectivity index (χ3n) is 1.07. The fourth-order valence-corrected chi connectivity index (χ4v) is 0.556. The van der Waals surface area contributed by atoms with Gasteiger partial charge in [-0.1, -0.05) is 6.92 Å². The molecule has 2 nitrogen and oxygen atoms in total. The summed E-state index contributed by atoms with van der Waals surface area (Å²) in [7, 11) is 0. The van der Waals surface area contributed by atoms with Crippen LogP contribution in [0.2, 0.25) is 0 Å². The van der Waals surface area contributed by atoms with Crippen LogP contribution in [0.25, 0.3) is 0 Å². The summed E-state index contributed by atoms with van der Waals surface area (Å²) in [6.45, 7) is 1.84. The molecule has 0 saturated carbocycles. The van der Waals surface area contributed by atoms with Crippen molar-refractivity contribution in [3.8, 4) is 0 Å². The first-order valence-corrected chi connectivity index (χ1v) is 3.90. The molecule has 1 aromatic rings. The molecular weight excluding hydrogens is 175 g/mol. The molecule has 0 spiro atoms. The maximum absolute atomic E-state index is 9.60. The van der Waals surface area contributed by atoms with Crippen LogP contribution < -0.4 is 29.6 Å². The van der Waals surface area contributed by atoms with E-state index in [4.69, 9.17) is 5.11 Å². The van der Waals surface area contributed by atoms with Crippen LogP contribution in [0.15, 0.2) is 30.3 Å². The molecule has 0 fully saturated rings. The number of carbonyl (C=O) groups is 1. The van der Waals surface area contributed by atoms with Gasteiger partial charge in [-0.2, -0.15) is 36.4 Å². The van der Waals surface area contributed by atoms with E-state index in [0.29, 0.717) is 6.42 Å². The van der Waals surface area contributed by atoms with E-state index in [1.807, 2.05) is 37.3 Å². The average Bonchev–Trinajstić information content (AvgIpc) is 2.08. The molecule has 0 atom stereocenters. The van der Waals surface area contributed by atoms with Crippen LogP contribution in [0.5, 0.6) is 0 Å². The predicted molar refractivity (Wildman–Crippen MR) is 47.8 cm³/mol. The topological polar surface area (TPSA) is 37.3 Å². The van der Waals surface area contributed by atoms with E-state index in [1.54, 1.807) is 0 Å². The quantitative estimate of drug-likeness (QED) is 0.495. The zero-order chi connectivity index (χ0) is 9.23. The molecule has 0 saturated heterocycles. The third kappa shape index (κ3) is 14.5. The van der Waals surface area contributed by atoms with Gasteiger partial charge in [0.15, 0.2) is 0 Å². The smallest absolute Gasteiger partial charge is 0.481 e. The van der Waals surface area contributed by atoms with Gasteiger partial charge in [0.2, 0.25) is 0 Å². The fourth-order valence-electron chi connectivity index (χ4n) is 0.556. The molecule has 0 amide bonds. The number of benzene rings is 1. The third-order valence-corrected chi connectivity index (χ3v) is 1.07. The molecule has 0 heterocycles. The molecule has 13 heavy (non-hydrogen) atoms. The molecule has 1 N–H and O–H groups in total. The standard InChI is InChI=1S/C6H5.C4H8O2.Na/c1-2-4-6-5-3-1;1-2-3-4(5)6;/h1-5H;2-3H2,1H3,(H,5,6);/q-1;;+1.